The predicted molar refractivity (Wildman–Crippen MR) is 110 cm³/mol. The minimum absolute atomic E-state index is 0.174. The number of carbonyl (C=O) groups excluding carboxylic acids is 2. The summed E-state index contributed by atoms with van der Waals surface area (Å²) in [7, 11) is 0. The van der Waals surface area contributed by atoms with Crippen LogP contribution in [0.15, 0.2) is 71.8 Å². The number of nitrogens with zero attached hydrogens (tertiary/aromatic N) is 1. The fraction of sp³-hybridized carbons (Fsp3) is 0.136. The zero-order valence-corrected chi connectivity index (χ0v) is 15.5. The number of fused-ring (bicyclic) bond motifs is 1. The van der Waals surface area contributed by atoms with E-state index in [1.165, 1.54) is 6.21 Å². The van der Waals surface area contributed by atoms with Crippen molar-refractivity contribution in [1.29, 1.82) is 0 Å². The Morgan fingerprint density at radius 1 is 1.00 bits per heavy atom. The van der Waals surface area contributed by atoms with E-state index in [2.05, 4.69) is 15.8 Å². The van der Waals surface area contributed by atoms with Gasteiger partial charge >= 0.3 is 0 Å². The summed E-state index contributed by atoms with van der Waals surface area (Å²) in [6, 6.07) is 20.5. The van der Waals surface area contributed by atoms with Crippen LogP contribution < -0.4 is 15.5 Å². The first-order chi connectivity index (χ1) is 13.7. The number of ether oxygens (including phenoxy) is 1. The van der Waals surface area contributed by atoms with E-state index in [0.29, 0.717) is 17.9 Å². The van der Waals surface area contributed by atoms with E-state index in [0.717, 1.165) is 16.3 Å². The van der Waals surface area contributed by atoms with Gasteiger partial charge in [-0.25, -0.2) is 5.43 Å². The van der Waals surface area contributed by atoms with Crippen LogP contribution in [-0.2, 0) is 4.79 Å². The Hall–Kier alpha value is -3.67. The van der Waals surface area contributed by atoms with Gasteiger partial charge in [0.15, 0.2) is 0 Å². The van der Waals surface area contributed by atoms with E-state index >= 15 is 0 Å². The van der Waals surface area contributed by atoms with Gasteiger partial charge in [-0.2, -0.15) is 5.10 Å². The third kappa shape index (κ3) is 4.73. The molecule has 0 bridgehead atoms. The highest BCUT2D eigenvalue weighted by Gasteiger charge is 2.10. The lowest BCUT2D eigenvalue weighted by molar-refractivity contribution is -0.120. The summed E-state index contributed by atoms with van der Waals surface area (Å²) in [5.74, 6) is -0.0383. The number of amides is 2. The van der Waals surface area contributed by atoms with Crippen molar-refractivity contribution in [2.75, 3.05) is 13.2 Å². The van der Waals surface area contributed by atoms with Crippen molar-refractivity contribution >= 4 is 28.8 Å². The smallest absolute Gasteiger partial charge is 0.259 e. The Balaban J connectivity index is 1.56. The molecule has 0 saturated carbocycles. The molecule has 2 N–H and O–H groups in total. The average molecular weight is 375 g/mol. The third-order valence-corrected chi connectivity index (χ3v) is 4.06. The highest BCUT2D eigenvalue weighted by Crippen LogP contribution is 2.18. The van der Waals surface area contributed by atoms with Crippen molar-refractivity contribution in [3.05, 3.63) is 77.9 Å². The van der Waals surface area contributed by atoms with E-state index in [9.17, 15) is 9.59 Å². The van der Waals surface area contributed by atoms with Gasteiger partial charge in [0.25, 0.3) is 11.8 Å². The number of hydrazone groups is 1. The van der Waals surface area contributed by atoms with Crippen LogP contribution in [0.3, 0.4) is 0 Å². The molecule has 0 aliphatic heterocycles. The molecule has 0 unspecified atom stereocenters. The van der Waals surface area contributed by atoms with Crippen molar-refractivity contribution in [3.8, 4) is 5.75 Å². The summed E-state index contributed by atoms with van der Waals surface area (Å²) < 4.78 is 5.50. The number of hydrogen-bond donors (Lipinski definition) is 2. The topological polar surface area (TPSA) is 79.8 Å². The lowest BCUT2D eigenvalue weighted by atomic mass is 10.0. The van der Waals surface area contributed by atoms with Gasteiger partial charge in [0, 0.05) is 11.1 Å². The zero-order chi connectivity index (χ0) is 19.8. The molecule has 3 aromatic carbocycles. The Bertz CT molecular complexity index is 1010. The summed E-state index contributed by atoms with van der Waals surface area (Å²) in [4.78, 5) is 24.4. The number of benzene rings is 3. The van der Waals surface area contributed by atoms with E-state index in [4.69, 9.17) is 4.74 Å². The molecule has 0 aliphatic rings. The summed E-state index contributed by atoms with van der Waals surface area (Å²) in [5.41, 5.74) is 3.69. The van der Waals surface area contributed by atoms with Crippen LogP contribution in [0.4, 0.5) is 0 Å². The van der Waals surface area contributed by atoms with Gasteiger partial charge in [-0.1, -0.05) is 48.5 Å². The number of hydrogen-bond acceptors (Lipinski definition) is 4. The highest BCUT2D eigenvalue weighted by atomic mass is 16.5. The van der Waals surface area contributed by atoms with Crippen LogP contribution in [0.1, 0.15) is 22.8 Å². The number of carbonyl (C=O) groups is 2. The number of rotatable bonds is 7. The van der Waals surface area contributed by atoms with E-state index in [1.807, 2.05) is 67.6 Å². The maximum atomic E-state index is 12.4. The lowest BCUT2D eigenvalue weighted by Gasteiger charge is -2.08. The van der Waals surface area contributed by atoms with Crippen molar-refractivity contribution in [2.45, 2.75) is 6.92 Å². The second kappa shape index (κ2) is 9.32. The third-order valence-electron chi connectivity index (χ3n) is 4.06. The van der Waals surface area contributed by atoms with Crippen LogP contribution in [0.5, 0.6) is 5.75 Å². The molecule has 0 atom stereocenters. The van der Waals surface area contributed by atoms with Gasteiger partial charge in [-0.05, 0) is 35.9 Å². The molecule has 0 heterocycles. The van der Waals surface area contributed by atoms with Crippen molar-refractivity contribution in [3.63, 3.8) is 0 Å². The minimum atomic E-state index is -0.418. The molecule has 6 heteroatoms. The molecule has 0 aliphatic carbocycles. The molecule has 0 fully saturated rings. The maximum absolute atomic E-state index is 12.4. The summed E-state index contributed by atoms with van der Waals surface area (Å²) in [5, 5.41) is 8.36. The minimum Gasteiger partial charge on any atom is -0.493 e. The van der Waals surface area contributed by atoms with Gasteiger partial charge in [0.05, 0.1) is 19.4 Å². The van der Waals surface area contributed by atoms with Gasteiger partial charge in [0.2, 0.25) is 0 Å². The maximum Gasteiger partial charge on any atom is 0.259 e. The van der Waals surface area contributed by atoms with E-state index < -0.39 is 5.91 Å². The largest absolute Gasteiger partial charge is 0.493 e. The quantitative estimate of drug-likeness (QED) is 0.492. The molecule has 28 heavy (non-hydrogen) atoms. The molecule has 0 saturated heterocycles. The lowest BCUT2D eigenvalue weighted by Crippen LogP contribution is -2.35. The van der Waals surface area contributed by atoms with Gasteiger partial charge < -0.3 is 10.1 Å². The average Bonchev–Trinajstić information content (AvgIpc) is 2.73. The van der Waals surface area contributed by atoms with Crippen LogP contribution in [0.25, 0.3) is 10.8 Å². The highest BCUT2D eigenvalue weighted by molar-refractivity contribution is 6.07. The van der Waals surface area contributed by atoms with E-state index in [1.54, 1.807) is 6.07 Å². The Morgan fingerprint density at radius 3 is 2.61 bits per heavy atom. The SMILES string of the molecule is CCOc1ccccc1/C=N\NC(=O)CNC(=O)c1cccc2ccccc12. The second-order valence-corrected chi connectivity index (χ2v) is 5.97. The van der Waals surface area contributed by atoms with Gasteiger partial charge in [-0.3, -0.25) is 9.59 Å². The Morgan fingerprint density at radius 2 is 1.75 bits per heavy atom. The Kier molecular flexibility index (Phi) is 6.36. The van der Waals surface area contributed by atoms with Gasteiger partial charge in [0.1, 0.15) is 5.75 Å². The van der Waals surface area contributed by atoms with Crippen molar-refractivity contribution in [2.24, 2.45) is 5.10 Å². The van der Waals surface area contributed by atoms with Crippen LogP contribution >= 0.6 is 0 Å². The fourth-order valence-electron chi connectivity index (χ4n) is 2.77. The van der Waals surface area contributed by atoms with Gasteiger partial charge in [-0.15, -0.1) is 0 Å². The number of para-hydroxylation sites is 1. The second-order valence-electron chi connectivity index (χ2n) is 5.97. The van der Waals surface area contributed by atoms with Crippen molar-refractivity contribution < 1.29 is 14.3 Å². The predicted octanol–water partition coefficient (Wildman–Crippen LogP) is 3.12. The van der Waals surface area contributed by atoms with Crippen molar-refractivity contribution in [1.82, 2.24) is 10.7 Å². The monoisotopic (exact) mass is 375 g/mol. The first-order valence-corrected chi connectivity index (χ1v) is 8.98. The molecule has 3 rings (SSSR count). The normalized spacial score (nSPS) is 10.8. The molecule has 0 aromatic heterocycles. The first kappa shape index (κ1) is 19.1. The standard InChI is InChI=1S/C22H21N3O3/c1-2-28-20-13-6-4-9-17(20)14-24-25-21(26)15-23-22(27)19-12-7-10-16-8-3-5-11-18(16)19/h3-14H,2,15H2,1H3,(H,23,27)(H,25,26)/b24-14-. The molecule has 142 valence electrons. The molecular weight excluding hydrogens is 354 g/mol. The first-order valence-electron chi connectivity index (χ1n) is 8.98. The molecule has 6 nitrogen and oxygen atoms in total. The van der Waals surface area contributed by atoms with Crippen LogP contribution in [0, 0.1) is 0 Å². The molecule has 0 radical (unpaired) electrons. The van der Waals surface area contributed by atoms with Crippen LogP contribution in [-0.4, -0.2) is 31.2 Å². The fourth-order valence-corrected chi connectivity index (χ4v) is 2.77. The summed E-state index contributed by atoms with van der Waals surface area (Å²) in [6.07, 6.45) is 1.51. The summed E-state index contributed by atoms with van der Waals surface area (Å²) >= 11 is 0. The number of nitrogens with one attached hydrogen (secondary N) is 2. The molecule has 3 aromatic rings. The Labute approximate surface area is 163 Å². The van der Waals surface area contributed by atoms with Crippen LogP contribution in [0.2, 0.25) is 0 Å². The van der Waals surface area contributed by atoms with E-state index in [-0.39, 0.29) is 12.5 Å². The molecular formula is C22H21N3O3. The molecule has 2 amide bonds. The summed E-state index contributed by atoms with van der Waals surface area (Å²) in [6.45, 7) is 2.26. The molecule has 0 spiro atoms. The zero-order valence-electron chi connectivity index (χ0n) is 15.5.